The van der Waals surface area contributed by atoms with Crippen LogP contribution in [0.3, 0.4) is 0 Å². The van der Waals surface area contributed by atoms with Crippen LogP contribution in [0.1, 0.15) is 27.2 Å². The average Bonchev–Trinajstić information content (AvgIpc) is 1.60. The van der Waals surface area contributed by atoms with Gasteiger partial charge in [0.2, 0.25) is 0 Å². The topological polar surface area (TPSA) is 57.5 Å². The molecule has 0 bridgehead atoms. The molecule has 0 aromatic carbocycles. The number of hydrogen-bond donors (Lipinski definition) is 2. The van der Waals surface area contributed by atoms with Gasteiger partial charge in [-0.25, -0.2) is 4.79 Å². The lowest BCUT2D eigenvalue weighted by Gasteiger charge is -2.19. The van der Waals surface area contributed by atoms with Gasteiger partial charge in [-0.1, -0.05) is 13.8 Å². The minimum Gasteiger partial charge on any atom is -0.479 e. The number of aliphatic carboxylic acids is 1. The zero-order chi connectivity index (χ0) is 8.36. The second-order valence-electron chi connectivity index (χ2n) is 3.18. The largest absolute Gasteiger partial charge is 0.479 e. The molecule has 0 rings (SSSR count). The smallest absolute Gasteiger partial charge is 0.335 e. The third-order valence-corrected chi connectivity index (χ3v) is 1.27. The van der Waals surface area contributed by atoms with Crippen LogP contribution in [0.2, 0.25) is 0 Å². The molecule has 3 heteroatoms. The summed E-state index contributed by atoms with van der Waals surface area (Å²) in [6.07, 6.45) is 0.294. The molecule has 0 aromatic rings. The van der Waals surface area contributed by atoms with Gasteiger partial charge in [0.05, 0.1) is 0 Å². The molecule has 10 heavy (non-hydrogen) atoms. The second-order valence-corrected chi connectivity index (χ2v) is 3.18. The van der Waals surface area contributed by atoms with Crippen LogP contribution in [0.15, 0.2) is 0 Å². The van der Waals surface area contributed by atoms with Gasteiger partial charge in [0.15, 0.2) is 5.60 Å². The molecule has 0 amide bonds. The highest BCUT2D eigenvalue weighted by Gasteiger charge is 2.30. The van der Waals surface area contributed by atoms with Crippen molar-refractivity contribution in [2.75, 3.05) is 0 Å². The van der Waals surface area contributed by atoms with E-state index in [0.717, 1.165) is 0 Å². The molecule has 0 aliphatic carbocycles. The molecule has 0 saturated heterocycles. The van der Waals surface area contributed by atoms with Crippen LogP contribution in [-0.4, -0.2) is 21.8 Å². The van der Waals surface area contributed by atoms with Crippen molar-refractivity contribution in [3.8, 4) is 0 Å². The normalized spacial score (nSPS) is 16.9. The third kappa shape index (κ3) is 2.82. The number of carboxylic acids is 1. The molecule has 0 spiro atoms. The molecule has 60 valence electrons. The van der Waals surface area contributed by atoms with Crippen LogP contribution in [0, 0.1) is 5.92 Å². The van der Waals surface area contributed by atoms with E-state index < -0.39 is 11.6 Å². The van der Waals surface area contributed by atoms with Gasteiger partial charge in [0.25, 0.3) is 0 Å². The molecule has 0 aliphatic rings. The Labute approximate surface area is 60.7 Å². The summed E-state index contributed by atoms with van der Waals surface area (Å²) >= 11 is 0. The minimum absolute atomic E-state index is 0.200. The molecule has 0 aliphatic heterocycles. The third-order valence-electron chi connectivity index (χ3n) is 1.27. The van der Waals surface area contributed by atoms with E-state index in [-0.39, 0.29) is 5.92 Å². The first-order valence-electron chi connectivity index (χ1n) is 3.32. The summed E-state index contributed by atoms with van der Waals surface area (Å²) in [5.41, 5.74) is -1.56. The number of carbonyl (C=O) groups is 1. The summed E-state index contributed by atoms with van der Waals surface area (Å²) < 4.78 is 0. The Bertz CT molecular complexity index is 127. The van der Waals surface area contributed by atoms with E-state index in [2.05, 4.69) is 0 Å². The summed E-state index contributed by atoms with van der Waals surface area (Å²) in [5, 5.41) is 17.6. The van der Waals surface area contributed by atoms with Gasteiger partial charge in [-0.2, -0.15) is 0 Å². The van der Waals surface area contributed by atoms with Crippen molar-refractivity contribution in [3.63, 3.8) is 0 Å². The summed E-state index contributed by atoms with van der Waals surface area (Å²) in [6.45, 7) is 5.06. The van der Waals surface area contributed by atoms with E-state index in [1.54, 1.807) is 0 Å². The molecule has 0 fully saturated rings. The Morgan fingerprint density at radius 2 is 2.00 bits per heavy atom. The molecule has 0 heterocycles. The van der Waals surface area contributed by atoms with Crippen molar-refractivity contribution in [1.82, 2.24) is 0 Å². The lowest BCUT2D eigenvalue weighted by Crippen LogP contribution is -2.36. The fourth-order valence-electron chi connectivity index (χ4n) is 0.882. The maximum absolute atomic E-state index is 10.3. The van der Waals surface area contributed by atoms with Crippen LogP contribution < -0.4 is 0 Å². The SMILES string of the molecule is CC(C)C[C@@](C)(O)C(=O)O. The van der Waals surface area contributed by atoms with Crippen molar-refractivity contribution in [2.45, 2.75) is 32.8 Å². The summed E-state index contributed by atoms with van der Waals surface area (Å²) in [4.78, 5) is 10.3. The summed E-state index contributed by atoms with van der Waals surface area (Å²) in [7, 11) is 0. The molecular formula is C7H14O3. The van der Waals surface area contributed by atoms with Crippen molar-refractivity contribution in [2.24, 2.45) is 5.92 Å². The Morgan fingerprint density at radius 3 is 2.10 bits per heavy atom. The Morgan fingerprint density at radius 1 is 1.60 bits per heavy atom. The summed E-state index contributed by atoms with van der Waals surface area (Å²) in [5.74, 6) is -0.952. The van der Waals surface area contributed by atoms with Gasteiger partial charge < -0.3 is 10.2 Å². The standard InChI is InChI=1S/C7H14O3/c1-5(2)4-7(3,10)6(8)9/h5,10H,4H2,1-3H3,(H,8,9)/t7-/m1/s1. The minimum atomic E-state index is -1.56. The van der Waals surface area contributed by atoms with Gasteiger partial charge >= 0.3 is 5.97 Å². The van der Waals surface area contributed by atoms with E-state index in [0.29, 0.717) is 6.42 Å². The zero-order valence-electron chi connectivity index (χ0n) is 6.59. The lowest BCUT2D eigenvalue weighted by molar-refractivity contribution is -0.158. The van der Waals surface area contributed by atoms with E-state index in [4.69, 9.17) is 10.2 Å². The molecule has 0 unspecified atom stereocenters. The van der Waals surface area contributed by atoms with Crippen LogP contribution in [0.25, 0.3) is 0 Å². The van der Waals surface area contributed by atoms with Crippen molar-refractivity contribution >= 4 is 5.97 Å². The Hall–Kier alpha value is -0.570. The molecule has 2 N–H and O–H groups in total. The lowest BCUT2D eigenvalue weighted by atomic mass is 9.95. The number of hydrogen-bond acceptors (Lipinski definition) is 2. The fourth-order valence-corrected chi connectivity index (χ4v) is 0.882. The maximum Gasteiger partial charge on any atom is 0.335 e. The van der Waals surface area contributed by atoms with E-state index in [9.17, 15) is 4.79 Å². The van der Waals surface area contributed by atoms with Gasteiger partial charge in [0, 0.05) is 0 Å². The quantitative estimate of drug-likeness (QED) is 0.621. The first-order valence-corrected chi connectivity index (χ1v) is 3.32. The predicted molar refractivity (Wildman–Crippen MR) is 37.7 cm³/mol. The number of rotatable bonds is 3. The van der Waals surface area contributed by atoms with Gasteiger partial charge in [-0.05, 0) is 19.3 Å². The van der Waals surface area contributed by atoms with Crippen LogP contribution in [0.4, 0.5) is 0 Å². The Kier molecular flexibility index (Phi) is 2.84. The average molecular weight is 146 g/mol. The van der Waals surface area contributed by atoms with Crippen LogP contribution in [0.5, 0.6) is 0 Å². The van der Waals surface area contributed by atoms with E-state index in [1.165, 1.54) is 6.92 Å². The van der Waals surface area contributed by atoms with Crippen molar-refractivity contribution in [3.05, 3.63) is 0 Å². The van der Waals surface area contributed by atoms with Crippen LogP contribution >= 0.6 is 0 Å². The molecule has 3 nitrogen and oxygen atoms in total. The molecule has 0 aromatic heterocycles. The highest BCUT2D eigenvalue weighted by atomic mass is 16.4. The highest BCUT2D eigenvalue weighted by molar-refractivity contribution is 5.76. The number of aliphatic hydroxyl groups is 1. The van der Waals surface area contributed by atoms with Gasteiger partial charge in [-0.3, -0.25) is 0 Å². The van der Waals surface area contributed by atoms with E-state index in [1.807, 2.05) is 13.8 Å². The highest BCUT2D eigenvalue weighted by Crippen LogP contribution is 2.15. The molecule has 0 saturated carbocycles. The molecule has 1 atom stereocenters. The first kappa shape index (κ1) is 9.43. The van der Waals surface area contributed by atoms with Gasteiger partial charge in [0.1, 0.15) is 0 Å². The Balaban J connectivity index is 4.00. The van der Waals surface area contributed by atoms with Gasteiger partial charge in [-0.15, -0.1) is 0 Å². The number of carboxylic acid groups (broad SMARTS) is 1. The molecule has 0 radical (unpaired) electrons. The molecular weight excluding hydrogens is 132 g/mol. The zero-order valence-corrected chi connectivity index (χ0v) is 6.59. The maximum atomic E-state index is 10.3. The van der Waals surface area contributed by atoms with Crippen molar-refractivity contribution < 1.29 is 15.0 Å². The monoisotopic (exact) mass is 146 g/mol. The van der Waals surface area contributed by atoms with Crippen LogP contribution in [-0.2, 0) is 4.79 Å². The predicted octanol–water partition coefficient (Wildman–Crippen LogP) is 0.868. The fraction of sp³-hybridized carbons (Fsp3) is 0.857. The second kappa shape index (κ2) is 3.01. The first-order chi connectivity index (χ1) is 4.36. The van der Waals surface area contributed by atoms with Crippen molar-refractivity contribution in [1.29, 1.82) is 0 Å². The van der Waals surface area contributed by atoms with E-state index >= 15 is 0 Å². The summed E-state index contributed by atoms with van der Waals surface area (Å²) in [6, 6.07) is 0.